The number of aromatic nitrogens is 2. The molecular weight excluding hydrogens is 186 g/mol. The summed E-state index contributed by atoms with van der Waals surface area (Å²) < 4.78 is 0. The average molecular weight is 200 g/mol. The maximum absolute atomic E-state index is 4.27. The van der Waals surface area contributed by atoms with E-state index >= 15 is 0 Å². The van der Waals surface area contributed by atoms with Crippen LogP contribution in [-0.4, -0.2) is 16.5 Å². The second-order valence-electron chi connectivity index (χ2n) is 3.03. The fraction of sp³-hybridized carbons (Fsp3) is 0.556. The molecule has 0 radical (unpaired) electrons. The maximum atomic E-state index is 4.27. The van der Waals surface area contributed by atoms with Gasteiger partial charge in [0, 0.05) is 12.2 Å². The summed E-state index contributed by atoms with van der Waals surface area (Å²) in [5, 5.41) is 3.30. The van der Waals surface area contributed by atoms with Gasteiger partial charge in [-0.05, 0) is 24.9 Å². The third-order valence-corrected chi connectivity index (χ3v) is 2.30. The minimum atomic E-state index is 0. The van der Waals surface area contributed by atoms with Crippen molar-refractivity contribution in [2.75, 3.05) is 6.54 Å². The third kappa shape index (κ3) is 1.98. The van der Waals surface area contributed by atoms with Crippen molar-refractivity contribution < 1.29 is 0 Å². The van der Waals surface area contributed by atoms with Gasteiger partial charge < -0.3 is 5.32 Å². The van der Waals surface area contributed by atoms with E-state index in [1.54, 1.807) is 6.33 Å². The molecule has 2 heterocycles. The molecule has 0 amide bonds. The van der Waals surface area contributed by atoms with Crippen LogP contribution in [0.4, 0.5) is 0 Å². The van der Waals surface area contributed by atoms with Gasteiger partial charge >= 0.3 is 0 Å². The summed E-state index contributed by atoms with van der Waals surface area (Å²) in [5.74, 6) is 0. The number of fused-ring (bicyclic) bond motifs is 1. The molecule has 1 aromatic rings. The number of nitrogens with zero attached hydrogens (tertiary/aromatic N) is 2. The molecule has 1 aromatic heterocycles. The molecule has 0 atom stereocenters. The summed E-state index contributed by atoms with van der Waals surface area (Å²) in [5.41, 5.74) is 3.79. The Kier molecular flexibility index (Phi) is 3.63. The van der Waals surface area contributed by atoms with Gasteiger partial charge in [-0.25, -0.2) is 9.97 Å². The first-order chi connectivity index (χ1) is 5.92. The van der Waals surface area contributed by atoms with E-state index in [0.717, 1.165) is 25.9 Å². The van der Waals surface area contributed by atoms with Crippen molar-refractivity contribution in [3.8, 4) is 0 Å². The summed E-state index contributed by atoms with van der Waals surface area (Å²) in [7, 11) is 0. The highest BCUT2D eigenvalue weighted by molar-refractivity contribution is 5.85. The highest BCUT2D eigenvalue weighted by atomic mass is 35.5. The van der Waals surface area contributed by atoms with Gasteiger partial charge in [0.1, 0.15) is 6.33 Å². The Morgan fingerprint density at radius 1 is 1.46 bits per heavy atom. The number of halogens is 1. The summed E-state index contributed by atoms with van der Waals surface area (Å²) in [6.07, 6.45) is 3.77. The number of aryl methyl sites for hydroxylation is 1. The first-order valence-electron chi connectivity index (χ1n) is 4.44. The standard InChI is InChI=1S/C9H13N3.ClH/c1-2-8-7-3-4-10-5-9(7)12-6-11-8;/h6,10H,2-5H2,1H3;1H. The molecule has 0 saturated heterocycles. The fourth-order valence-corrected chi connectivity index (χ4v) is 1.66. The number of nitrogens with one attached hydrogen (secondary N) is 1. The van der Waals surface area contributed by atoms with Gasteiger partial charge in [-0.3, -0.25) is 0 Å². The van der Waals surface area contributed by atoms with Crippen LogP contribution in [0.5, 0.6) is 0 Å². The normalized spacial score (nSPS) is 14.5. The third-order valence-electron chi connectivity index (χ3n) is 2.30. The summed E-state index contributed by atoms with van der Waals surface area (Å²) >= 11 is 0. The Balaban J connectivity index is 0.000000845. The van der Waals surface area contributed by atoms with Crippen molar-refractivity contribution in [3.05, 3.63) is 23.3 Å². The molecule has 2 rings (SSSR count). The molecule has 13 heavy (non-hydrogen) atoms. The molecule has 0 spiro atoms. The molecule has 0 aliphatic carbocycles. The van der Waals surface area contributed by atoms with E-state index in [9.17, 15) is 0 Å². The van der Waals surface area contributed by atoms with Crippen molar-refractivity contribution in [1.82, 2.24) is 15.3 Å². The van der Waals surface area contributed by atoms with Crippen LogP contribution in [0.15, 0.2) is 6.33 Å². The molecule has 1 aliphatic heterocycles. The van der Waals surface area contributed by atoms with Crippen LogP contribution in [0.25, 0.3) is 0 Å². The predicted octanol–water partition coefficient (Wildman–Crippen LogP) is 1.11. The second kappa shape index (κ2) is 4.53. The molecule has 4 heteroatoms. The number of hydrogen-bond acceptors (Lipinski definition) is 3. The van der Waals surface area contributed by atoms with Crippen molar-refractivity contribution in [3.63, 3.8) is 0 Å². The van der Waals surface area contributed by atoms with Crippen LogP contribution in [0.1, 0.15) is 23.9 Å². The van der Waals surface area contributed by atoms with Gasteiger partial charge in [-0.2, -0.15) is 0 Å². The zero-order valence-corrected chi connectivity index (χ0v) is 8.52. The van der Waals surface area contributed by atoms with E-state index in [1.807, 2.05) is 0 Å². The van der Waals surface area contributed by atoms with E-state index in [0.29, 0.717) is 0 Å². The van der Waals surface area contributed by atoms with E-state index < -0.39 is 0 Å². The molecule has 1 N–H and O–H groups in total. The quantitative estimate of drug-likeness (QED) is 0.737. The lowest BCUT2D eigenvalue weighted by atomic mass is 10.0. The van der Waals surface area contributed by atoms with Crippen molar-refractivity contribution in [2.24, 2.45) is 0 Å². The fourth-order valence-electron chi connectivity index (χ4n) is 1.66. The molecule has 0 aromatic carbocycles. The molecule has 0 bridgehead atoms. The SMILES string of the molecule is CCc1ncnc2c1CCNC2.Cl. The lowest BCUT2D eigenvalue weighted by Crippen LogP contribution is -2.26. The van der Waals surface area contributed by atoms with Gasteiger partial charge in [-0.1, -0.05) is 6.92 Å². The van der Waals surface area contributed by atoms with Crippen LogP contribution in [0.2, 0.25) is 0 Å². The average Bonchev–Trinajstić information content (AvgIpc) is 2.17. The number of rotatable bonds is 1. The highest BCUT2D eigenvalue weighted by Crippen LogP contribution is 2.14. The predicted molar refractivity (Wildman–Crippen MR) is 54.1 cm³/mol. The molecule has 0 fully saturated rings. The molecule has 0 unspecified atom stereocenters. The Morgan fingerprint density at radius 3 is 3.08 bits per heavy atom. The van der Waals surface area contributed by atoms with Gasteiger partial charge in [-0.15, -0.1) is 12.4 Å². The maximum Gasteiger partial charge on any atom is 0.116 e. The van der Waals surface area contributed by atoms with Crippen LogP contribution in [0.3, 0.4) is 0 Å². The minimum Gasteiger partial charge on any atom is -0.311 e. The molecule has 0 saturated carbocycles. The molecule has 1 aliphatic rings. The van der Waals surface area contributed by atoms with E-state index in [2.05, 4.69) is 22.2 Å². The second-order valence-corrected chi connectivity index (χ2v) is 3.03. The number of hydrogen-bond donors (Lipinski definition) is 1. The zero-order chi connectivity index (χ0) is 8.39. The van der Waals surface area contributed by atoms with Crippen LogP contribution < -0.4 is 5.32 Å². The first kappa shape index (κ1) is 10.4. The smallest absolute Gasteiger partial charge is 0.116 e. The minimum absolute atomic E-state index is 0. The van der Waals surface area contributed by atoms with Crippen molar-refractivity contribution in [1.29, 1.82) is 0 Å². The van der Waals surface area contributed by atoms with Crippen LogP contribution in [-0.2, 0) is 19.4 Å². The monoisotopic (exact) mass is 199 g/mol. The van der Waals surface area contributed by atoms with Crippen LogP contribution in [0, 0.1) is 0 Å². The topological polar surface area (TPSA) is 37.8 Å². The summed E-state index contributed by atoms with van der Waals surface area (Å²) in [4.78, 5) is 8.53. The summed E-state index contributed by atoms with van der Waals surface area (Å²) in [6.45, 7) is 4.11. The highest BCUT2D eigenvalue weighted by Gasteiger charge is 2.12. The first-order valence-corrected chi connectivity index (χ1v) is 4.44. The molecule has 3 nitrogen and oxygen atoms in total. The zero-order valence-electron chi connectivity index (χ0n) is 7.71. The largest absolute Gasteiger partial charge is 0.311 e. The van der Waals surface area contributed by atoms with Crippen molar-refractivity contribution in [2.45, 2.75) is 26.3 Å². The Labute approximate surface area is 84.4 Å². The van der Waals surface area contributed by atoms with Crippen LogP contribution >= 0.6 is 12.4 Å². The van der Waals surface area contributed by atoms with E-state index in [-0.39, 0.29) is 12.4 Å². The molecular formula is C9H14ClN3. The molecule has 72 valence electrons. The summed E-state index contributed by atoms with van der Waals surface area (Å²) in [6, 6.07) is 0. The van der Waals surface area contributed by atoms with Crippen molar-refractivity contribution >= 4 is 12.4 Å². The Morgan fingerprint density at radius 2 is 2.31 bits per heavy atom. The van der Waals surface area contributed by atoms with Gasteiger partial charge in [0.2, 0.25) is 0 Å². The Bertz CT molecular complexity index is 274. The van der Waals surface area contributed by atoms with Gasteiger partial charge in [0.15, 0.2) is 0 Å². The lowest BCUT2D eigenvalue weighted by molar-refractivity contribution is 0.615. The van der Waals surface area contributed by atoms with Gasteiger partial charge in [0.05, 0.1) is 5.69 Å². The Hall–Kier alpha value is -0.670. The lowest BCUT2D eigenvalue weighted by Gasteiger charge is -2.17. The van der Waals surface area contributed by atoms with E-state index in [4.69, 9.17) is 0 Å². The van der Waals surface area contributed by atoms with E-state index in [1.165, 1.54) is 17.0 Å². The van der Waals surface area contributed by atoms with Gasteiger partial charge in [0.25, 0.3) is 0 Å².